The SMILES string of the molecule is Fc1cc(Br)cc(CN2CCCCO2)c1. The normalized spacial score (nSPS) is 18.0. The van der Waals surface area contributed by atoms with Crippen molar-refractivity contribution in [3.8, 4) is 0 Å². The van der Waals surface area contributed by atoms with Gasteiger partial charge in [-0.25, -0.2) is 4.39 Å². The first-order valence-corrected chi connectivity index (χ1v) is 5.86. The third-order valence-corrected chi connectivity index (χ3v) is 2.81. The van der Waals surface area contributed by atoms with E-state index >= 15 is 0 Å². The van der Waals surface area contributed by atoms with Crippen LogP contribution in [0.3, 0.4) is 0 Å². The van der Waals surface area contributed by atoms with E-state index in [1.54, 1.807) is 6.07 Å². The molecule has 0 amide bonds. The summed E-state index contributed by atoms with van der Waals surface area (Å²) in [5, 5.41) is 1.89. The zero-order valence-corrected chi connectivity index (χ0v) is 9.96. The zero-order valence-electron chi connectivity index (χ0n) is 8.38. The van der Waals surface area contributed by atoms with Crippen molar-refractivity contribution in [3.05, 3.63) is 34.1 Å². The van der Waals surface area contributed by atoms with Gasteiger partial charge in [0.05, 0.1) is 6.61 Å². The predicted molar refractivity (Wildman–Crippen MR) is 59.7 cm³/mol. The van der Waals surface area contributed by atoms with Gasteiger partial charge in [0.1, 0.15) is 5.82 Å². The smallest absolute Gasteiger partial charge is 0.124 e. The summed E-state index contributed by atoms with van der Waals surface area (Å²) in [7, 11) is 0. The van der Waals surface area contributed by atoms with Crippen LogP contribution in [-0.4, -0.2) is 18.2 Å². The minimum absolute atomic E-state index is 0.212. The third-order valence-electron chi connectivity index (χ3n) is 2.36. The summed E-state index contributed by atoms with van der Waals surface area (Å²) in [6, 6.07) is 4.92. The fourth-order valence-corrected chi connectivity index (χ4v) is 2.19. The molecule has 1 aromatic carbocycles. The van der Waals surface area contributed by atoms with E-state index in [0.717, 1.165) is 36.0 Å². The Balaban J connectivity index is 2.02. The molecule has 1 aromatic rings. The fourth-order valence-electron chi connectivity index (χ4n) is 1.68. The van der Waals surface area contributed by atoms with Crippen molar-refractivity contribution in [3.63, 3.8) is 0 Å². The molecule has 1 fully saturated rings. The zero-order chi connectivity index (χ0) is 10.7. The Hall–Kier alpha value is -0.450. The highest BCUT2D eigenvalue weighted by atomic mass is 79.9. The molecule has 2 rings (SSSR count). The molecule has 0 atom stereocenters. The molecule has 82 valence electrons. The summed E-state index contributed by atoms with van der Waals surface area (Å²) in [4.78, 5) is 5.46. The Morgan fingerprint density at radius 2 is 2.20 bits per heavy atom. The summed E-state index contributed by atoms with van der Waals surface area (Å²) in [5.41, 5.74) is 0.934. The van der Waals surface area contributed by atoms with Gasteiger partial charge in [0.15, 0.2) is 0 Å². The van der Waals surface area contributed by atoms with Crippen molar-refractivity contribution in [1.82, 2.24) is 5.06 Å². The van der Waals surface area contributed by atoms with Gasteiger partial charge < -0.3 is 0 Å². The van der Waals surface area contributed by atoms with Crippen molar-refractivity contribution in [2.75, 3.05) is 13.2 Å². The lowest BCUT2D eigenvalue weighted by Crippen LogP contribution is -2.29. The predicted octanol–water partition coefficient (Wildman–Crippen LogP) is 3.12. The molecule has 0 radical (unpaired) electrons. The van der Waals surface area contributed by atoms with Gasteiger partial charge in [-0.15, -0.1) is 0 Å². The highest BCUT2D eigenvalue weighted by Gasteiger charge is 2.11. The second kappa shape index (κ2) is 5.05. The quantitative estimate of drug-likeness (QED) is 0.821. The molecule has 0 bridgehead atoms. The van der Waals surface area contributed by atoms with Gasteiger partial charge in [0.2, 0.25) is 0 Å². The van der Waals surface area contributed by atoms with Crippen LogP contribution in [0.1, 0.15) is 18.4 Å². The number of benzene rings is 1. The molecule has 1 aliphatic heterocycles. The van der Waals surface area contributed by atoms with Gasteiger partial charge in [0.25, 0.3) is 0 Å². The van der Waals surface area contributed by atoms with Crippen LogP contribution in [-0.2, 0) is 11.4 Å². The van der Waals surface area contributed by atoms with Crippen molar-refractivity contribution < 1.29 is 9.23 Å². The Labute approximate surface area is 97.1 Å². The van der Waals surface area contributed by atoms with Crippen LogP contribution in [0, 0.1) is 5.82 Å². The molecular weight excluding hydrogens is 261 g/mol. The first kappa shape index (κ1) is 11.0. The molecule has 15 heavy (non-hydrogen) atoms. The van der Waals surface area contributed by atoms with Crippen molar-refractivity contribution in [1.29, 1.82) is 0 Å². The van der Waals surface area contributed by atoms with Crippen LogP contribution < -0.4 is 0 Å². The van der Waals surface area contributed by atoms with Crippen LogP contribution in [0.4, 0.5) is 4.39 Å². The Kier molecular flexibility index (Phi) is 3.72. The van der Waals surface area contributed by atoms with Crippen molar-refractivity contribution >= 4 is 15.9 Å². The van der Waals surface area contributed by atoms with E-state index in [9.17, 15) is 4.39 Å². The van der Waals surface area contributed by atoms with E-state index in [2.05, 4.69) is 15.9 Å². The lowest BCUT2D eigenvalue weighted by Gasteiger charge is -2.25. The summed E-state index contributed by atoms with van der Waals surface area (Å²) in [6.07, 6.45) is 2.26. The average molecular weight is 274 g/mol. The maximum Gasteiger partial charge on any atom is 0.124 e. The molecule has 0 aromatic heterocycles. The lowest BCUT2D eigenvalue weighted by molar-refractivity contribution is -0.187. The van der Waals surface area contributed by atoms with Crippen molar-refractivity contribution in [2.45, 2.75) is 19.4 Å². The van der Waals surface area contributed by atoms with E-state index in [1.165, 1.54) is 6.07 Å². The number of hydrogen-bond donors (Lipinski definition) is 0. The highest BCUT2D eigenvalue weighted by molar-refractivity contribution is 9.10. The number of hydrogen-bond acceptors (Lipinski definition) is 2. The molecule has 0 spiro atoms. The van der Waals surface area contributed by atoms with Crippen LogP contribution in [0.15, 0.2) is 22.7 Å². The first-order valence-electron chi connectivity index (χ1n) is 5.07. The maximum absolute atomic E-state index is 13.1. The molecule has 1 saturated heterocycles. The van der Waals surface area contributed by atoms with Crippen LogP contribution in [0.2, 0.25) is 0 Å². The van der Waals surface area contributed by atoms with E-state index in [-0.39, 0.29) is 5.82 Å². The number of nitrogens with zero attached hydrogens (tertiary/aromatic N) is 1. The third kappa shape index (κ3) is 3.26. The number of hydroxylamine groups is 2. The van der Waals surface area contributed by atoms with Crippen LogP contribution >= 0.6 is 15.9 Å². The number of rotatable bonds is 2. The Bertz CT molecular complexity index is 319. The van der Waals surface area contributed by atoms with Gasteiger partial charge in [-0.05, 0) is 36.6 Å². The largest absolute Gasteiger partial charge is 0.299 e. The van der Waals surface area contributed by atoms with Gasteiger partial charge in [-0.1, -0.05) is 15.9 Å². The summed E-state index contributed by atoms with van der Waals surface area (Å²) in [6.45, 7) is 2.35. The van der Waals surface area contributed by atoms with E-state index in [4.69, 9.17) is 4.84 Å². The highest BCUT2D eigenvalue weighted by Crippen LogP contribution is 2.17. The van der Waals surface area contributed by atoms with E-state index in [1.807, 2.05) is 11.1 Å². The van der Waals surface area contributed by atoms with E-state index < -0.39 is 0 Å². The topological polar surface area (TPSA) is 12.5 Å². The Morgan fingerprint density at radius 3 is 2.87 bits per heavy atom. The molecule has 0 saturated carbocycles. The molecule has 2 nitrogen and oxygen atoms in total. The first-order chi connectivity index (χ1) is 7.24. The standard InChI is InChI=1S/C11H13BrFNO/c12-10-5-9(6-11(13)7-10)8-14-3-1-2-4-15-14/h5-7H,1-4,8H2. The second-order valence-corrected chi connectivity index (χ2v) is 4.60. The number of halogens is 2. The average Bonchev–Trinajstić information content (AvgIpc) is 2.17. The van der Waals surface area contributed by atoms with Crippen molar-refractivity contribution in [2.24, 2.45) is 0 Å². The molecular formula is C11H13BrFNO. The molecule has 0 unspecified atom stereocenters. The lowest BCUT2D eigenvalue weighted by atomic mass is 10.2. The molecule has 1 heterocycles. The maximum atomic E-state index is 13.1. The molecule has 0 aliphatic carbocycles. The molecule has 0 N–H and O–H groups in total. The Morgan fingerprint density at radius 1 is 1.33 bits per heavy atom. The minimum Gasteiger partial charge on any atom is -0.299 e. The van der Waals surface area contributed by atoms with Gasteiger partial charge in [-0.3, -0.25) is 4.84 Å². The van der Waals surface area contributed by atoms with Crippen LogP contribution in [0.25, 0.3) is 0 Å². The van der Waals surface area contributed by atoms with Crippen LogP contribution in [0.5, 0.6) is 0 Å². The summed E-state index contributed by atoms with van der Waals surface area (Å²) in [5.74, 6) is -0.212. The van der Waals surface area contributed by atoms with Gasteiger partial charge >= 0.3 is 0 Å². The van der Waals surface area contributed by atoms with E-state index in [0.29, 0.717) is 6.54 Å². The van der Waals surface area contributed by atoms with Gasteiger partial charge in [0, 0.05) is 17.6 Å². The summed E-state index contributed by atoms with van der Waals surface area (Å²) >= 11 is 3.28. The molecule has 1 aliphatic rings. The summed E-state index contributed by atoms with van der Waals surface area (Å²) < 4.78 is 13.9. The fraction of sp³-hybridized carbons (Fsp3) is 0.455. The van der Waals surface area contributed by atoms with Gasteiger partial charge in [-0.2, -0.15) is 5.06 Å². The molecule has 4 heteroatoms. The second-order valence-electron chi connectivity index (χ2n) is 3.68. The monoisotopic (exact) mass is 273 g/mol. The minimum atomic E-state index is -0.212.